The first-order valence-corrected chi connectivity index (χ1v) is 5.34. The maximum absolute atomic E-state index is 5.94. The van der Waals surface area contributed by atoms with Crippen LogP contribution in [0.5, 0.6) is 0 Å². The molecule has 1 heterocycles. The SMILES string of the molecule is CC1CC(CN)c2ccc(Cl)cc2N1. The minimum absolute atomic E-state index is 0.471. The second-order valence-electron chi connectivity index (χ2n) is 3.95. The molecule has 2 rings (SSSR count). The molecule has 1 aromatic rings. The van der Waals surface area contributed by atoms with Gasteiger partial charge in [-0.15, -0.1) is 0 Å². The Morgan fingerprint density at radius 2 is 2.36 bits per heavy atom. The van der Waals surface area contributed by atoms with E-state index < -0.39 is 0 Å². The molecule has 0 saturated carbocycles. The Hall–Kier alpha value is -0.730. The average molecular weight is 211 g/mol. The lowest BCUT2D eigenvalue weighted by Crippen LogP contribution is -2.28. The molecule has 0 bridgehead atoms. The second kappa shape index (κ2) is 3.79. The van der Waals surface area contributed by atoms with Crippen LogP contribution in [0.1, 0.15) is 24.8 Å². The van der Waals surface area contributed by atoms with Gasteiger partial charge in [0.1, 0.15) is 0 Å². The van der Waals surface area contributed by atoms with Crippen LogP contribution in [0.4, 0.5) is 5.69 Å². The molecule has 1 aromatic carbocycles. The highest BCUT2D eigenvalue weighted by Crippen LogP contribution is 2.34. The van der Waals surface area contributed by atoms with Crippen LogP contribution in [0.2, 0.25) is 5.02 Å². The van der Waals surface area contributed by atoms with Crippen molar-refractivity contribution in [2.75, 3.05) is 11.9 Å². The summed E-state index contributed by atoms with van der Waals surface area (Å²) in [6, 6.07) is 6.47. The van der Waals surface area contributed by atoms with Crippen molar-refractivity contribution in [2.24, 2.45) is 5.73 Å². The maximum Gasteiger partial charge on any atom is 0.0426 e. The van der Waals surface area contributed by atoms with Crippen LogP contribution in [-0.2, 0) is 0 Å². The normalized spacial score (nSPS) is 25.4. The molecule has 76 valence electrons. The largest absolute Gasteiger partial charge is 0.382 e. The molecule has 1 aliphatic rings. The molecule has 0 aromatic heterocycles. The van der Waals surface area contributed by atoms with Gasteiger partial charge in [0.25, 0.3) is 0 Å². The summed E-state index contributed by atoms with van der Waals surface area (Å²) in [4.78, 5) is 0. The Morgan fingerprint density at radius 1 is 1.57 bits per heavy atom. The fourth-order valence-electron chi connectivity index (χ4n) is 2.11. The number of hydrogen-bond donors (Lipinski definition) is 2. The lowest BCUT2D eigenvalue weighted by molar-refractivity contribution is 0.561. The summed E-state index contributed by atoms with van der Waals surface area (Å²) in [7, 11) is 0. The number of benzene rings is 1. The van der Waals surface area contributed by atoms with Gasteiger partial charge in [-0.05, 0) is 37.6 Å². The standard InChI is InChI=1S/C11H15ClN2/c1-7-4-8(6-13)10-3-2-9(12)5-11(10)14-7/h2-3,5,7-8,14H,4,6,13H2,1H3. The van der Waals surface area contributed by atoms with Crippen molar-refractivity contribution in [1.29, 1.82) is 0 Å². The zero-order valence-corrected chi connectivity index (χ0v) is 9.01. The van der Waals surface area contributed by atoms with Crippen molar-refractivity contribution in [3.63, 3.8) is 0 Å². The molecule has 0 saturated heterocycles. The van der Waals surface area contributed by atoms with Crippen LogP contribution >= 0.6 is 11.6 Å². The number of halogens is 1. The first kappa shape index (κ1) is 9.81. The Bertz CT molecular complexity index is 338. The fourth-order valence-corrected chi connectivity index (χ4v) is 2.28. The zero-order valence-electron chi connectivity index (χ0n) is 8.26. The number of rotatable bonds is 1. The topological polar surface area (TPSA) is 38.0 Å². The fraction of sp³-hybridized carbons (Fsp3) is 0.455. The summed E-state index contributed by atoms with van der Waals surface area (Å²) in [5, 5.41) is 4.20. The molecule has 14 heavy (non-hydrogen) atoms. The van der Waals surface area contributed by atoms with Gasteiger partial charge >= 0.3 is 0 Å². The van der Waals surface area contributed by atoms with E-state index in [1.807, 2.05) is 12.1 Å². The third kappa shape index (κ3) is 1.72. The van der Waals surface area contributed by atoms with Crippen molar-refractivity contribution < 1.29 is 0 Å². The number of anilines is 1. The summed E-state index contributed by atoms with van der Waals surface area (Å²) in [6.07, 6.45) is 1.10. The summed E-state index contributed by atoms with van der Waals surface area (Å²) >= 11 is 5.94. The lowest BCUT2D eigenvalue weighted by Gasteiger charge is -2.30. The van der Waals surface area contributed by atoms with E-state index in [0.29, 0.717) is 18.5 Å². The average Bonchev–Trinajstić information content (AvgIpc) is 2.15. The lowest BCUT2D eigenvalue weighted by atomic mass is 9.88. The summed E-state index contributed by atoms with van der Waals surface area (Å²) in [5.74, 6) is 0.471. The van der Waals surface area contributed by atoms with E-state index in [1.54, 1.807) is 0 Å². The molecule has 1 aliphatic heterocycles. The molecular formula is C11H15ClN2. The first-order valence-electron chi connectivity index (χ1n) is 4.96. The molecule has 0 spiro atoms. The third-order valence-electron chi connectivity index (χ3n) is 2.78. The molecule has 0 fully saturated rings. The van der Waals surface area contributed by atoms with Crippen molar-refractivity contribution in [3.8, 4) is 0 Å². The van der Waals surface area contributed by atoms with Gasteiger partial charge in [-0.2, -0.15) is 0 Å². The van der Waals surface area contributed by atoms with Crippen LogP contribution in [-0.4, -0.2) is 12.6 Å². The van der Waals surface area contributed by atoms with Crippen LogP contribution in [0.3, 0.4) is 0 Å². The highest BCUT2D eigenvalue weighted by Gasteiger charge is 2.22. The van der Waals surface area contributed by atoms with E-state index in [2.05, 4.69) is 18.3 Å². The molecule has 3 N–H and O–H groups in total. The molecule has 2 unspecified atom stereocenters. The Balaban J connectivity index is 2.40. The zero-order chi connectivity index (χ0) is 10.1. The minimum atomic E-state index is 0.471. The predicted molar refractivity (Wildman–Crippen MR) is 60.9 cm³/mol. The molecule has 3 heteroatoms. The quantitative estimate of drug-likeness (QED) is 0.748. The van der Waals surface area contributed by atoms with Gasteiger partial charge < -0.3 is 11.1 Å². The van der Waals surface area contributed by atoms with E-state index in [4.69, 9.17) is 17.3 Å². The van der Waals surface area contributed by atoms with Crippen LogP contribution in [0.25, 0.3) is 0 Å². The maximum atomic E-state index is 5.94. The summed E-state index contributed by atoms with van der Waals surface area (Å²) < 4.78 is 0. The van der Waals surface area contributed by atoms with Crippen molar-refractivity contribution >= 4 is 17.3 Å². The Labute approximate surface area is 89.4 Å². The molecule has 0 amide bonds. The van der Waals surface area contributed by atoms with E-state index >= 15 is 0 Å². The van der Waals surface area contributed by atoms with Crippen LogP contribution in [0.15, 0.2) is 18.2 Å². The summed E-state index contributed by atoms with van der Waals surface area (Å²) in [5.41, 5.74) is 8.20. The van der Waals surface area contributed by atoms with Crippen molar-refractivity contribution in [3.05, 3.63) is 28.8 Å². The van der Waals surface area contributed by atoms with Crippen LogP contribution in [0, 0.1) is 0 Å². The van der Waals surface area contributed by atoms with Crippen molar-refractivity contribution in [2.45, 2.75) is 25.3 Å². The van der Waals surface area contributed by atoms with Gasteiger partial charge in [-0.1, -0.05) is 17.7 Å². The monoisotopic (exact) mass is 210 g/mol. The smallest absolute Gasteiger partial charge is 0.0426 e. The number of nitrogens with two attached hydrogens (primary N) is 1. The van der Waals surface area contributed by atoms with E-state index in [-0.39, 0.29) is 0 Å². The predicted octanol–water partition coefficient (Wildman–Crippen LogP) is 2.59. The first-order chi connectivity index (χ1) is 6.70. The highest BCUT2D eigenvalue weighted by atomic mass is 35.5. The number of nitrogens with one attached hydrogen (secondary N) is 1. The van der Waals surface area contributed by atoms with Gasteiger partial charge in [-0.3, -0.25) is 0 Å². The van der Waals surface area contributed by atoms with Gasteiger partial charge in [0.05, 0.1) is 0 Å². The van der Waals surface area contributed by atoms with Gasteiger partial charge in [0.2, 0.25) is 0 Å². The molecule has 0 radical (unpaired) electrons. The van der Waals surface area contributed by atoms with E-state index in [1.165, 1.54) is 5.56 Å². The van der Waals surface area contributed by atoms with Crippen molar-refractivity contribution in [1.82, 2.24) is 0 Å². The van der Waals surface area contributed by atoms with Gasteiger partial charge in [-0.25, -0.2) is 0 Å². The third-order valence-corrected chi connectivity index (χ3v) is 3.01. The molecular weight excluding hydrogens is 196 g/mol. The highest BCUT2D eigenvalue weighted by molar-refractivity contribution is 6.30. The van der Waals surface area contributed by atoms with E-state index in [9.17, 15) is 0 Å². The number of hydrogen-bond acceptors (Lipinski definition) is 2. The molecule has 2 nitrogen and oxygen atoms in total. The molecule has 0 aliphatic carbocycles. The summed E-state index contributed by atoms with van der Waals surface area (Å²) in [6.45, 7) is 2.88. The number of fused-ring (bicyclic) bond motifs is 1. The van der Waals surface area contributed by atoms with E-state index in [0.717, 1.165) is 17.1 Å². The Kier molecular flexibility index (Phi) is 2.66. The van der Waals surface area contributed by atoms with Gasteiger partial charge in [0, 0.05) is 22.7 Å². The molecule has 2 atom stereocenters. The second-order valence-corrected chi connectivity index (χ2v) is 4.38. The van der Waals surface area contributed by atoms with Crippen LogP contribution < -0.4 is 11.1 Å². The minimum Gasteiger partial charge on any atom is -0.382 e. The Morgan fingerprint density at radius 3 is 3.07 bits per heavy atom. The van der Waals surface area contributed by atoms with Gasteiger partial charge in [0.15, 0.2) is 0 Å².